The van der Waals surface area contributed by atoms with E-state index < -0.39 is 6.04 Å². The molecule has 2 N–H and O–H groups in total. The van der Waals surface area contributed by atoms with Crippen LogP contribution in [0.3, 0.4) is 0 Å². The van der Waals surface area contributed by atoms with E-state index in [1.54, 1.807) is 6.20 Å². The molecule has 0 saturated carbocycles. The van der Waals surface area contributed by atoms with Crippen LogP contribution in [-0.4, -0.2) is 22.8 Å². The predicted molar refractivity (Wildman–Crippen MR) is 121 cm³/mol. The Bertz CT molecular complexity index is 1270. The van der Waals surface area contributed by atoms with E-state index in [1.165, 1.54) is 0 Å². The summed E-state index contributed by atoms with van der Waals surface area (Å²) in [6.45, 7) is 0.165. The SMILES string of the molecule is O=C(CCc1ccccc1)N[C@@H](c1ccc2c(c1)OCO2)c1ccc2cccnc2c1O. The second-order valence-corrected chi connectivity index (χ2v) is 7.68. The Morgan fingerprint density at radius 1 is 1.00 bits per heavy atom. The van der Waals surface area contributed by atoms with Crippen molar-refractivity contribution in [2.75, 3.05) is 6.79 Å². The van der Waals surface area contributed by atoms with Crippen LogP contribution in [0.5, 0.6) is 17.2 Å². The molecular weight excluding hydrogens is 404 g/mol. The number of nitrogens with one attached hydrogen (secondary N) is 1. The fourth-order valence-corrected chi connectivity index (χ4v) is 3.95. The molecule has 1 aliphatic rings. The largest absolute Gasteiger partial charge is 0.505 e. The number of rotatable bonds is 6. The Labute approximate surface area is 185 Å². The summed E-state index contributed by atoms with van der Waals surface area (Å²) >= 11 is 0. The quantitative estimate of drug-likeness (QED) is 0.474. The zero-order valence-corrected chi connectivity index (χ0v) is 17.3. The van der Waals surface area contributed by atoms with Gasteiger partial charge in [0.2, 0.25) is 12.7 Å². The first-order valence-corrected chi connectivity index (χ1v) is 10.5. The summed E-state index contributed by atoms with van der Waals surface area (Å²) < 4.78 is 10.9. The molecule has 0 aliphatic carbocycles. The van der Waals surface area contributed by atoms with Crippen LogP contribution in [0.25, 0.3) is 10.9 Å². The molecule has 5 rings (SSSR count). The van der Waals surface area contributed by atoms with Crippen molar-refractivity contribution >= 4 is 16.8 Å². The first-order valence-electron chi connectivity index (χ1n) is 10.5. The second-order valence-electron chi connectivity index (χ2n) is 7.68. The molecule has 3 aromatic carbocycles. The van der Waals surface area contributed by atoms with Gasteiger partial charge < -0.3 is 19.9 Å². The van der Waals surface area contributed by atoms with Crippen molar-refractivity contribution in [3.05, 3.63) is 95.7 Å². The lowest BCUT2D eigenvalue weighted by atomic mass is 9.95. The minimum atomic E-state index is -0.570. The van der Waals surface area contributed by atoms with Gasteiger partial charge in [-0.15, -0.1) is 0 Å². The number of phenols is 1. The molecule has 32 heavy (non-hydrogen) atoms. The molecule has 0 fully saturated rings. The Balaban J connectivity index is 1.48. The number of ether oxygens (including phenoxy) is 2. The number of fused-ring (bicyclic) bond motifs is 2. The average Bonchev–Trinajstić information content (AvgIpc) is 3.31. The van der Waals surface area contributed by atoms with Crippen molar-refractivity contribution in [3.63, 3.8) is 0 Å². The molecule has 0 saturated heterocycles. The van der Waals surface area contributed by atoms with Crippen molar-refractivity contribution < 1.29 is 19.4 Å². The van der Waals surface area contributed by atoms with E-state index >= 15 is 0 Å². The highest BCUT2D eigenvalue weighted by atomic mass is 16.7. The summed E-state index contributed by atoms with van der Waals surface area (Å²) in [4.78, 5) is 17.2. The van der Waals surface area contributed by atoms with Crippen molar-refractivity contribution in [2.45, 2.75) is 18.9 Å². The topological polar surface area (TPSA) is 80.7 Å². The van der Waals surface area contributed by atoms with Gasteiger partial charge in [0.25, 0.3) is 0 Å². The van der Waals surface area contributed by atoms with E-state index in [2.05, 4.69) is 10.3 Å². The zero-order chi connectivity index (χ0) is 21.9. The van der Waals surface area contributed by atoms with Crippen molar-refractivity contribution in [1.29, 1.82) is 0 Å². The van der Waals surface area contributed by atoms with Gasteiger partial charge in [-0.1, -0.05) is 54.6 Å². The lowest BCUT2D eigenvalue weighted by Gasteiger charge is -2.22. The second kappa shape index (κ2) is 8.59. The van der Waals surface area contributed by atoms with Crippen LogP contribution in [-0.2, 0) is 11.2 Å². The fraction of sp³-hybridized carbons (Fsp3) is 0.154. The summed E-state index contributed by atoms with van der Waals surface area (Å²) in [6, 6.07) is 22.3. The molecular formula is C26H22N2O4. The lowest BCUT2D eigenvalue weighted by molar-refractivity contribution is -0.121. The van der Waals surface area contributed by atoms with Gasteiger partial charge >= 0.3 is 0 Å². The molecule has 2 heterocycles. The van der Waals surface area contributed by atoms with E-state index in [1.807, 2.05) is 72.8 Å². The van der Waals surface area contributed by atoms with Gasteiger partial charge in [-0.05, 0) is 35.7 Å². The molecule has 0 spiro atoms. The molecule has 160 valence electrons. The summed E-state index contributed by atoms with van der Waals surface area (Å²) in [6.07, 6.45) is 2.60. The number of carbonyl (C=O) groups excluding carboxylic acids is 1. The number of pyridine rings is 1. The number of carbonyl (C=O) groups is 1. The number of benzene rings is 3. The average molecular weight is 426 g/mol. The number of amides is 1. The Kier molecular flexibility index (Phi) is 5.34. The van der Waals surface area contributed by atoms with Crippen LogP contribution in [0.4, 0.5) is 0 Å². The standard InChI is InChI=1S/C26H22N2O4/c29-23(13-8-17-5-2-1-3-6-17)28-24(19-10-12-21-22(15-19)32-16-31-21)20-11-9-18-7-4-14-27-25(18)26(20)30/h1-7,9-12,14-15,24,30H,8,13,16H2,(H,28,29)/t24-/m0/s1. The van der Waals surface area contributed by atoms with E-state index in [4.69, 9.17) is 9.47 Å². The van der Waals surface area contributed by atoms with Gasteiger partial charge in [-0.3, -0.25) is 9.78 Å². The smallest absolute Gasteiger partial charge is 0.231 e. The maximum absolute atomic E-state index is 12.9. The fourth-order valence-electron chi connectivity index (χ4n) is 3.95. The molecule has 0 unspecified atom stereocenters. The number of nitrogens with zero attached hydrogens (tertiary/aromatic N) is 1. The van der Waals surface area contributed by atoms with Crippen LogP contribution >= 0.6 is 0 Å². The van der Waals surface area contributed by atoms with E-state index in [0.29, 0.717) is 35.4 Å². The van der Waals surface area contributed by atoms with Crippen LogP contribution in [0.15, 0.2) is 79.0 Å². The maximum atomic E-state index is 12.9. The summed E-state index contributed by atoms with van der Waals surface area (Å²) in [5, 5.41) is 14.9. The molecule has 1 amide bonds. The number of hydrogen-bond acceptors (Lipinski definition) is 5. The number of hydrogen-bond donors (Lipinski definition) is 2. The van der Waals surface area contributed by atoms with Crippen LogP contribution < -0.4 is 14.8 Å². The monoisotopic (exact) mass is 426 g/mol. The van der Waals surface area contributed by atoms with E-state index in [0.717, 1.165) is 16.5 Å². The van der Waals surface area contributed by atoms with Crippen molar-refractivity contribution in [1.82, 2.24) is 10.3 Å². The van der Waals surface area contributed by atoms with Crippen molar-refractivity contribution in [2.24, 2.45) is 0 Å². The molecule has 6 heteroatoms. The third kappa shape index (κ3) is 3.95. The number of aromatic hydroxyl groups is 1. The summed E-state index contributed by atoms with van der Waals surface area (Å²) in [5.41, 5.74) is 2.95. The molecule has 0 bridgehead atoms. The summed E-state index contributed by atoms with van der Waals surface area (Å²) in [7, 11) is 0. The van der Waals surface area contributed by atoms with Crippen LogP contribution in [0.2, 0.25) is 0 Å². The number of aromatic nitrogens is 1. The number of phenolic OH excluding ortho intramolecular Hbond substituents is 1. The Morgan fingerprint density at radius 3 is 2.72 bits per heavy atom. The van der Waals surface area contributed by atoms with Crippen LogP contribution in [0, 0.1) is 0 Å². The Hall–Kier alpha value is -4.06. The molecule has 0 radical (unpaired) electrons. The lowest BCUT2D eigenvalue weighted by Crippen LogP contribution is -2.29. The minimum Gasteiger partial charge on any atom is -0.505 e. The predicted octanol–water partition coefficient (Wildman–Crippen LogP) is 4.51. The number of aryl methyl sites for hydroxylation is 1. The molecule has 1 aromatic heterocycles. The van der Waals surface area contributed by atoms with E-state index in [-0.39, 0.29) is 18.4 Å². The highest BCUT2D eigenvalue weighted by Gasteiger charge is 2.24. The van der Waals surface area contributed by atoms with Crippen molar-refractivity contribution in [3.8, 4) is 17.2 Å². The van der Waals surface area contributed by atoms with Gasteiger partial charge in [0.1, 0.15) is 11.3 Å². The molecule has 6 nitrogen and oxygen atoms in total. The van der Waals surface area contributed by atoms with E-state index in [9.17, 15) is 9.90 Å². The minimum absolute atomic E-state index is 0.0501. The third-order valence-corrected chi connectivity index (χ3v) is 5.61. The van der Waals surface area contributed by atoms with Gasteiger partial charge in [0.15, 0.2) is 11.5 Å². The highest BCUT2D eigenvalue weighted by Crippen LogP contribution is 2.39. The normalized spacial score (nSPS) is 13.1. The van der Waals surface area contributed by atoms with Crippen LogP contribution in [0.1, 0.15) is 29.2 Å². The van der Waals surface area contributed by atoms with Gasteiger partial charge in [0, 0.05) is 23.6 Å². The highest BCUT2D eigenvalue weighted by molar-refractivity contribution is 5.86. The summed E-state index contributed by atoms with van der Waals surface area (Å²) in [5.74, 6) is 1.21. The van der Waals surface area contributed by atoms with Gasteiger partial charge in [-0.25, -0.2) is 0 Å². The maximum Gasteiger partial charge on any atom is 0.231 e. The first kappa shape index (κ1) is 19.9. The molecule has 1 aliphatic heterocycles. The Morgan fingerprint density at radius 2 is 1.84 bits per heavy atom. The third-order valence-electron chi connectivity index (χ3n) is 5.61. The van der Waals surface area contributed by atoms with Gasteiger partial charge in [0.05, 0.1) is 6.04 Å². The first-order chi connectivity index (χ1) is 15.7. The molecule has 4 aromatic rings. The zero-order valence-electron chi connectivity index (χ0n) is 17.3. The van der Waals surface area contributed by atoms with Gasteiger partial charge in [-0.2, -0.15) is 0 Å². The molecule has 1 atom stereocenters.